The van der Waals surface area contributed by atoms with Crippen molar-refractivity contribution in [2.24, 2.45) is 5.92 Å². The van der Waals surface area contributed by atoms with Crippen LogP contribution in [-0.4, -0.2) is 30.6 Å². The number of carbonyl (C=O) groups excluding carboxylic acids is 1. The highest BCUT2D eigenvalue weighted by Gasteiger charge is 2.29. The summed E-state index contributed by atoms with van der Waals surface area (Å²) in [7, 11) is 0. The van der Waals surface area contributed by atoms with Gasteiger partial charge in [0.1, 0.15) is 6.07 Å². The van der Waals surface area contributed by atoms with Gasteiger partial charge in [-0.3, -0.25) is 4.79 Å². The second kappa shape index (κ2) is 10.2. The second-order valence-electron chi connectivity index (χ2n) is 7.69. The number of ether oxygens (including phenoxy) is 1. The monoisotopic (exact) mass is 434 g/mol. The van der Waals surface area contributed by atoms with Crippen molar-refractivity contribution in [2.45, 2.75) is 32.9 Å². The molecule has 1 aliphatic rings. The molecule has 8 heteroatoms. The first-order chi connectivity index (χ1) is 15.7. The van der Waals surface area contributed by atoms with Gasteiger partial charge in [0.25, 0.3) is 5.89 Å². The molecule has 4 rings (SSSR count). The number of furan rings is 1. The molecule has 0 unspecified atom stereocenters. The smallest absolute Gasteiger partial charge is 0.266 e. The largest absolute Gasteiger partial charge is 0.459 e. The molecule has 3 heterocycles. The minimum Gasteiger partial charge on any atom is -0.459 e. The third-order valence-electron chi connectivity index (χ3n) is 5.56. The van der Waals surface area contributed by atoms with Gasteiger partial charge in [0.2, 0.25) is 17.5 Å². The zero-order valence-corrected chi connectivity index (χ0v) is 18.0. The fraction of sp³-hybridized carbons (Fsp3) is 0.375. The van der Waals surface area contributed by atoms with E-state index < -0.39 is 0 Å². The number of anilines is 1. The third kappa shape index (κ3) is 5.01. The van der Waals surface area contributed by atoms with E-state index in [-0.39, 0.29) is 23.4 Å². The molecule has 8 nitrogen and oxygen atoms in total. The molecule has 1 fully saturated rings. The van der Waals surface area contributed by atoms with Crippen LogP contribution in [0.4, 0.5) is 5.88 Å². The lowest BCUT2D eigenvalue weighted by molar-refractivity contribution is -0.125. The average molecular weight is 434 g/mol. The van der Waals surface area contributed by atoms with Crippen LogP contribution in [0.25, 0.3) is 11.7 Å². The third-order valence-corrected chi connectivity index (χ3v) is 5.56. The van der Waals surface area contributed by atoms with Crippen molar-refractivity contribution in [3.63, 3.8) is 0 Å². The van der Waals surface area contributed by atoms with Gasteiger partial charge in [-0.2, -0.15) is 10.2 Å². The first-order valence-corrected chi connectivity index (χ1v) is 10.8. The maximum absolute atomic E-state index is 12.7. The number of amides is 1. The lowest BCUT2D eigenvalue weighted by atomic mass is 9.96. The van der Waals surface area contributed by atoms with E-state index >= 15 is 0 Å². The van der Waals surface area contributed by atoms with Crippen LogP contribution < -0.4 is 10.2 Å². The van der Waals surface area contributed by atoms with Crippen molar-refractivity contribution in [1.29, 1.82) is 5.26 Å². The number of aromatic nitrogens is 1. The molecular formula is C24H26N4O4. The van der Waals surface area contributed by atoms with Crippen LogP contribution in [0.1, 0.15) is 36.6 Å². The lowest BCUT2D eigenvalue weighted by Crippen LogP contribution is -2.40. The molecular weight excluding hydrogens is 408 g/mol. The van der Waals surface area contributed by atoms with Crippen LogP contribution in [0, 0.1) is 17.2 Å². The van der Waals surface area contributed by atoms with E-state index in [4.69, 9.17) is 13.6 Å². The van der Waals surface area contributed by atoms with Crippen molar-refractivity contribution in [1.82, 2.24) is 10.3 Å². The van der Waals surface area contributed by atoms with E-state index in [9.17, 15) is 10.1 Å². The van der Waals surface area contributed by atoms with Crippen molar-refractivity contribution < 1.29 is 18.4 Å². The van der Waals surface area contributed by atoms with Gasteiger partial charge in [0.15, 0.2) is 5.76 Å². The van der Waals surface area contributed by atoms with Crippen molar-refractivity contribution in [3.8, 4) is 17.7 Å². The minimum atomic E-state index is -0.0681. The Bertz CT molecular complexity index is 1060. The summed E-state index contributed by atoms with van der Waals surface area (Å²) in [6, 6.07) is 13.6. The number of carbonyl (C=O) groups is 1. The highest BCUT2D eigenvalue weighted by Crippen LogP contribution is 2.31. The molecule has 1 aliphatic heterocycles. The summed E-state index contributed by atoms with van der Waals surface area (Å²) >= 11 is 0. The second-order valence-corrected chi connectivity index (χ2v) is 7.69. The zero-order chi connectivity index (χ0) is 22.3. The van der Waals surface area contributed by atoms with E-state index in [1.165, 1.54) is 6.26 Å². The summed E-state index contributed by atoms with van der Waals surface area (Å²) < 4.78 is 16.5. The van der Waals surface area contributed by atoms with Crippen molar-refractivity contribution >= 4 is 11.8 Å². The summed E-state index contributed by atoms with van der Waals surface area (Å²) in [4.78, 5) is 18.9. The van der Waals surface area contributed by atoms with Gasteiger partial charge < -0.3 is 23.8 Å². The van der Waals surface area contributed by atoms with Gasteiger partial charge in [0, 0.05) is 32.2 Å². The fourth-order valence-electron chi connectivity index (χ4n) is 3.76. The Morgan fingerprint density at radius 3 is 2.66 bits per heavy atom. The maximum Gasteiger partial charge on any atom is 0.266 e. The molecule has 1 amide bonds. The number of piperidine rings is 1. The normalized spacial score (nSPS) is 14.3. The Morgan fingerprint density at radius 1 is 1.25 bits per heavy atom. The molecule has 1 aromatic carbocycles. The molecule has 0 bridgehead atoms. The number of nitrogens with zero attached hydrogens (tertiary/aromatic N) is 3. The van der Waals surface area contributed by atoms with Crippen LogP contribution in [0.5, 0.6) is 0 Å². The SMILES string of the molecule is CCOCc1ccc(CNC(=O)C2CCN(c3oc(-c4ccco4)nc3C#N)CC2)cc1. The molecule has 1 saturated heterocycles. The highest BCUT2D eigenvalue weighted by molar-refractivity contribution is 5.79. The Balaban J connectivity index is 1.29. The molecule has 32 heavy (non-hydrogen) atoms. The number of nitrogens with one attached hydrogen (secondary N) is 1. The van der Waals surface area contributed by atoms with Gasteiger partial charge >= 0.3 is 0 Å². The first kappa shape index (κ1) is 21.7. The predicted octanol–water partition coefficient (Wildman–Crippen LogP) is 3.88. The molecule has 0 radical (unpaired) electrons. The van der Waals surface area contributed by atoms with Crippen LogP contribution in [0.3, 0.4) is 0 Å². The number of hydrogen-bond donors (Lipinski definition) is 1. The summed E-state index contributed by atoms with van der Waals surface area (Å²) in [5.41, 5.74) is 2.41. The Hall–Kier alpha value is -3.57. The van der Waals surface area contributed by atoms with Crippen molar-refractivity contribution in [3.05, 3.63) is 59.5 Å². The average Bonchev–Trinajstić information content (AvgIpc) is 3.52. The molecule has 2 aromatic heterocycles. The fourth-order valence-corrected chi connectivity index (χ4v) is 3.76. The summed E-state index contributed by atoms with van der Waals surface area (Å²) in [5, 5.41) is 12.5. The number of hydrogen-bond acceptors (Lipinski definition) is 7. The van der Waals surface area contributed by atoms with Gasteiger partial charge in [-0.15, -0.1) is 0 Å². The summed E-state index contributed by atoms with van der Waals surface area (Å²) in [5.74, 6) is 1.19. The quantitative estimate of drug-likeness (QED) is 0.574. The Labute approximate surface area is 186 Å². The number of benzene rings is 1. The van der Waals surface area contributed by atoms with Crippen LogP contribution in [-0.2, 0) is 22.7 Å². The van der Waals surface area contributed by atoms with Crippen molar-refractivity contribution in [2.75, 3.05) is 24.6 Å². The topological polar surface area (TPSA) is 105 Å². The van der Waals surface area contributed by atoms with Gasteiger partial charge in [-0.05, 0) is 43.0 Å². The van der Waals surface area contributed by atoms with E-state index in [0.29, 0.717) is 57.3 Å². The van der Waals surface area contributed by atoms with E-state index in [0.717, 1.165) is 11.1 Å². The summed E-state index contributed by atoms with van der Waals surface area (Å²) in [6.07, 6.45) is 2.89. The van der Waals surface area contributed by atoms with E-state index in [1.807, 2.05) is 36.1 Å². The molecule has 0 atom stereocenters. The molecule has 0 saturated carbocycles. The lowest BCUT2D eigenvalue weighted by Gasteiger charge is -2.31. The summed E-state index contributed by atoms with van der Waals surface area (Å²) in [6.45, 7) is 5.00. The molecule has 0 aliphatic carbocycles. The van der Waals surface area contributed by atoms with Gasteiger partial charge in [-0.1, -0.05) is 24.3 Å². The zero-order valence-electron chi connectivity index (χ0n) is 18.0. The van der Waals surface area contributed by atoms with E-state index in [1.54, 1.807) is 12.1 Å². The number of rotatable bonds is 8. The van der Waals surface area contributed by atoms with Crippen LogP contribution in [0.15, 0.2) is 51.5 Å². The standard InChI is InChI=1S/C24H26N4O4/c1-2-30-16-18-7-5-17(6-8-18)15-26-22(29)19-9-11-28(12-10-19)24-20(14-25)27-23(32-24)21-4-3-13-31-21/h3-8,13,19H,2,9-12,15-16H2,1H3,(H,26,29). The van der Waals surface area contributed by atoms with Crippen LogP contribution in [0.2, 0.25) is 0 Å². The molecule has 3 aromatic rings. The number of nitriles is 1. The Kier molecular flexibility index (Phi) is 6.87. The molecule has 0 spiro atoms. The molecule has 166 valence electrons. The molecule has 1 N–H and O–H groups in total. The highest BCUT2D eigenvalue weighted by atomic mass is 16.5. The Morgan fingerprint density at radius 2 is 2.00 bits per heavy atom. The number of oxazole rings is 1. The maximum atomic E-state index is 12.7. The predicted molar refractivity (Wildman–Crippen MR) is 117 cm³/mol. The van der Waals surface area contributed by atoms with Gasteiger partial charge in [-0.25, -0.2) is 0 Å². The minimum absolute atomic E-state index is 0.0531. The first-order valence-electron chi connectivity index (χ1n) is 10.8. The van der Waals surface area contributed by atoms with Gasteiger partial charge in [0.05, 0.1) is 12.9 Å². The van der Waals surface area contributed by atoms with Crippen LogP contribution >= 0.6 is 0 Å². The van der Waals surface area contributed by atoms with E-state index in [2.05, 4.69) is 16.4 Å².